The highest BCUT2D eigenvalue weighted by atomic mass is 15.2. The number of rotatable bonds is 5. The van der Waals surface area contributed by atoms with Gasteiger partial charge in [-0.15, -0.1) is 0 Å². The highest BCUT2D eigenvalue weighted by Crippen LogP contribution is 2.22. The molecule has 0 aliphatic carbocycles. The fraction of sp³-hybridized carbons (Fsp3) is 1.00. The van der Waals surface area contributed by atoms with Gasteiger partial charge in [-0.3, -0.25) is 4.90 Å². The molecule has 0 saturated carbocycles. The first-order chi connectivity index (χ1) is 7.84. The van der Waals surface area contributed by atoms with Crippen molar-refractivity contribution < 1.29 is 0 Å². The van der Waals surface area contributed by atoms with E-state index in [9.17, 15) is 0 Å². The zero-order valence-corrected chi connectivity index (χ0v) is 12.7. The molecule has 3 unspecified atom stereocenters. The van der Waals surface area contributed by atoms with Crippen LogP contribution in [0.2, 0.25) is 0 Å². The Hall–Kier alpha value is -0.0800. The van der Waals surface area contributed by atoms with Crippen molar-refractivity contribution in [1.82, 2.24) is 10.2 Å². The molecular formula is C15H32N2. The summed E-state index contributed by atoms with van der Waals surface area (Å²) in [6.07, 6.45) is 2.59. The Labute approximate surface area is 108 Å². The number of piperidine rings is 1. The van der Waals surface area contributed by atoms with Gasteiger partial charge in [0, 0.05) is 31.2 Å². The molecule has 0 aromatic heterocycles. The maximum Gasteiger partial charge on any atom is 0.0192 e. The summed E-state index contributed by atoms with van der Waals surface area (Å²) in [4.78, 5) is 2.66. The van der Waals surface area contributed by atoms with E-state index in [0.717, 1.165) is 18.4 Å². The summed E-state index contributed by atoms with van der Waals surface area (Å²) < 4.78 is 0. The highest BCUT2D eigenvalue weighted by molar-refractivity contribution is 4.82. The third-order valence-corrected chi connectivity index (χ3v) is 4.28. The SMILES string of the molecule is CCC(C)(C)NCC(C)N1CC(C)CC(C)C1. The Morgan fingerprint density at radius 2 is 1.76 bits per heavy atom. The quantitative estimate of drug-likeness (QED) is 0.794. The lowest BCUT2D eigenvalue weighted by atomic mass is 9.91. The smallest absolute Gasteiger partial charge is 0.0192 e. The predicted molar refractivity (Wildman–Crippen MR) is 76.4 cm³/mol. The molecule has 1 heterocycles. The summed E-state index contributed by atoms with van der Waals surface area (Å²) in [5.41, 5.74) is 0.279. The average molecular weight is 240 g/mol. The Kier molecular flexibility index (Phi) is 5.46. The third kappa shape index (κ3) is 4.97. The summed E-state index contributed by atoms with van der Waals surface area (Å²) >= 11 is 0. The van der Waals surface area contributed by atoms with Gasteiger partial charge < -0.3 is 5.32 Å². The molecule has 2 nitrogen and oxygen atoms in total. The lowest BCUT2D eigenvalue weighted by Gasteiger charge is -2.40. The number of likely N-dealkylation sites (tertiary alicyclic amines) is 1. The lowest BCUT2D eigenvalue weighted by molar-refractivity contribution is 0.0980. The zero-order chi connectivity index (χ0) is 13.1. The summed E-state index contributed by atoms with van der Waals surface area (Å²) in [6, 6.07) is 0.658. The van der Waals surface area contributed by atoms with Gasteiger partial charge in [-0.25, -0.2) is 0 Å². The van der Waals surface area contributed by atoms with Crippen molar-refractivity contribution in [3.63, 3.8) is 0 Å². The Morgan fingerprint density at radius 3 is 2.24 bits per heavy atom. The summed E-state index contributed by atoms with van der Waals surface area (Å²) in [6.45, 7) is 17.6. The van der Waals surface area contributed by atoms with E-state index >= 15 is 0 Å². The summed E-state index contributed by atoms with van der Waals surface area (Å²) in [7, 11) is 0. The molecular weight excluding hydrogens is 208 g/mol. The second kappa shape index (κ2) is 6.19. The van der Waals surface area contributed by atoms with Gasteiger partial charge in [-0.2, -0.15) is 0 Å². The Morgan fingerprint density at radius 1 is 1.24 bits per heavy atom. The van der Waals surface area contributed by atoms with Gasteiger partial charge in [0.2, 0.25) is 0 Å². The second-order valence-electron chi connectivity index (χ2n) is 6.87. The average Bonchev–Trinajstić information content (AvgIpc) is 2.24. The fourth-order valence-electron chi connectivity index (χ4n) is 2.75. The first-order valence-corrected chi connectivity index (χ1v) is 7.33. The van der Waals surface area contributed by atoms with Crippen molar-refractivity contribution in [3.05, 3.63) is 0 Å². The van der Waals surface area contributed by atoms with E-state index in [0.29, 0.717) is 6.04 Å². The van der Waals surface area contributed by atoms with Crippen LogP contribution in [0, 0.1) is 11.8 Å². The Bertz CT molecular complexity index is 215. The van der Waals surface area contributed by atoms with Gasteiger partial charge in [0.05, 0.1) is 0 Å². The maximum absolute atomic E-state index is 3.69. The first kappa shape index (κ1) is 15.0. The van der Waals surface area contributed by atoms with Crippen molar-refractivity contribution in [2.45, 2.75) is 66.0 Å². The topological polar surface area (TPSA) is 15.3 Å². The van der Waals surface area contributed by atoms with Crippen molar-refractivity contribution in [3.8, 4) is 0 Å². The van der Waals surface area contributed by atoms with Gasteiger partial charge in [0.25, 0.3) is 0 Å². The Balaban J connectivity index is 2.39. The second-order valence-corrected chi connectivity index (χ2v) is 6.87. The summed E-state index contributed by atoms with van der Waals surface area (Å²) in [5, 5.41) is 3.69. The molecule has 1 saturated heterocycles. The molecule has 0 aromatic carbocycles. The van der Waals surface area contributed by atoms with Crippen LogP contribution in [-0.4, -0.2) is 36.1 Å². The molecule has 1 N–H and O–H groups in total. The zero-order valence-electron chi connectivity index (χ0n) is 12.7. The lowest BCUT2D eigenvalue weighted by Crippen LogP contribution is -2.51. The van der Waals surface area contributed by atoms with Crippen molar-refractivity contribution in [1.29, 1.82) is 0 Å². The molecule has 3 atom stereocenters. The first-order valence-electron chi connectivity index (χ1n) is 7.33. The standard InChI is InChI=1S/C15H32N2/c1-7-15(5,6)16-9-14(4)17-10-12(2)8-13(3)11-17/h12-14,16H,7-11H2,1-6H3. The van der Waals surface area contributed by atoms with Crippen LogP contribution < -0.4 is 5.32 Å². The van der Waals surface area contributed by atoms with Crippen molar-refractivity contribution >= 4 is 0 Å². The molecule has 1 aliphatic heterocycles. The van der Waals surface area contributed by atoms with Crippen LogP contribution in [0.4, 0.5) is 0 Å². The molecule has 0 spiro atoms. The molecule has 2 heteroatoms. The van der Waals surface area contributed by atoms with Crippen LogP contribution in [0.3, 0.4) is 0 Å². The minimum atomic E-state index is 0.279. The van der Waals surface area contributed by atoms with Gasteiger partial charge in [-0.05, 0) is 45.4 Å². The van der Waals surface area contributed by atoms with Crippen LogP contribution in [0.5, 0.6) is 0 Å². The summed E-state index contributed by atoms with van der Waals surface area (Å²) in [5.74, 6) is 1.72. The molecule has 102 valence electrons. The number of nitrogens with one attached hydrogen (secondary N) is 1. The molecule has 0 bridgehead atoms. The predicted octanol–water partition coefficient (Wildman–Crippen LogP) is 3.13. The molecule has 0 radical (unpaired) electrons. The van der Waals surface area contributed by atoms with Crippen LogP contribution in [0.1, 0.15) is 54.4 Å². The van der Waals surface area contributed by atoms with E-state index in [1.165, 1.54) is 25.9 Å². The monoisotopic (exact) mass is 240 g/mol. The molecule has 17 heavy (non-hydrogen) atoms. The van der Waals surface area contributed by atoms with E-state index in [-0.39, 0.29) is 5.54 Å². The van der Waals surface area contributed by atoms with Crippen LogP contribution in [0.15, 0.2) is 0 Å². The van der Waals surface area contributed by atoms with Crippen LogP contribution in [-0.2, 0) is 0 Å². The maximum atomic E-state index is 3.69. The van der Waals surface area contributed by atoms with Crippen molar-refractivity contribution in [2.75, 3.05) is 19.6 Å². The van der Waals surface area contributed by atoms with Gasteiger partial charge in [-0.1, -0.05) is 20.8 Å². The minimum absolute atomic E-state index is 0.279. The van der Waals surface area contributed by atoms with Crippen molar-refractivity contribution in [2.24, 2.45) is 11.8 Å². The van der Waals surface area contributed by atoms with Gasteiger partial charge in [0.15, 0.2) is 0 Å². The van der Waals surface area contributed by atoms with Gasteiger partial charge >= 0.3 is 0 Å². The van der Waals surface area contributed by atoms with E-state index in [2.05, 4.69) is 51.8 Å². The number of hydrogen-bond acceptors (Lipinski definition) is 2. The molecule has 1 fully saturated rings. The molecule has 1 rings (SSSR count). The molecule has 0 aromatic rings. The minimum Gasteiger partial charge on any atom is -0.310 e. The van der Waals surface area contributed by atoms with Crippen LogP contribution in [0.25, 0.3) is 0 Å². The normalized spacial score (nSPS) is 29.3. The largest absolute Gasteiger partial charge is 0.310 e. The van der Waals surface area contributed by atoms with Crippen LogP contribution >= 0.6 is 0 Å². The van der Waals surface area contributed by atoms with E-state index in [1.807, 2.05) is 0 Å². The van der Waals surface area contributed by atoms with E-state index in [4.69, 9.17) is 0 Å². The van der Waals surface area contributed by atoms with E-state index in [1.54, 1.807) is 0 Å². The fourth-order valence-corrected chi connectivity index (χ4v) is 2.75. The number of nitrogens with zero attached hydrogens (tertiary/aromatic N) is 1. The number of hydrogen-bond donors (Lipinski definition) is 1. The highest BCUT2D eigenvalue weighted by Gasteiger charge is 2.26. The van der Waals surface area contributed by atoms with Gasteiger partial charge in [0.1, 0.15) is 0 Å². The third-order valence-electron chi connectivity index (χ3n) is 4.28. The molecule has 0 amide bonds. The molecule has 1 aliphatic rings. The van der Waals surface area contributed by atoms with E-state index < -0.39 is 0 Å².